The molecule has 0 heterocycles. The molecule has 4 nitrogen and oxygen atoms in total. The first-order valence-corrected chi connectivity index (χ1v) is 4.94. The Morgan fingerprint density at radius 3 is 2.45 bits per heavy atom. The quantitative estimate of drug-likeness (QED) is 0.442. The van der Waals surface area contributed by atoms with Crippen molar-refractivity contribution in [2.75, 3.05) is 19.1 Å². The van der Waals surface area contributed by atoms with Gasteiger partial charge in [0.15, 0.2) is 9.84 Å². The van der Waals surface area contributed by atoms with Crippen LogP contribution in [0.4, 0.5) is 0 Å². The number of carbonyl (C=O) groups excluding carboxylic acids is 1. The highest BCUT2D eigenvalue weighted by Gasteiger charge is 1.97. The van der Waals surface area contributed by atoms with Crippen LogP contribution in [0.5, 0.6) is 0 Å². The van der Waals surface area contributed by atoms with E-state index in [1.165, 1.54) is 13.2 Å². The van der Waals surface area contributed by atoms with Crippen LogP contribution in [-0.4, -0.2) is 33.5 Å². The first-order chi connectivity index (χ1) is 4.95. The summed E-state index contributed by atoms with van der Waals surface area (Å²) in [4.78, 5) is 10.4. The summed E-state index contributed by atoms with van der Waals surface area (Å²) in [7, 11) is -1.79. The fourth-order valence-corrected chi connectivity index (χ4v) is 0.833. The van der Waals surface area contributed by atoms with E-state index in [0.717, 1.165) is 12.3 Å². The second-order valence-corrected chi connectivity index (χ2v) is 4.20. The zero-order chi connectivity index (χ0) is 8.91. The van der Waals surface area contributed by atoms with Gasteiger partial charge in [-0.15, -0.1) is 0 Å². The molecule has 0 fully saturated rings. The van der Waals surface area contributed by atoms with E-state index in [4.69, 9.17) is 0 Å². The molecule has 0 spiro atoms. The van der Waals surface area contributed by atoms with Crippen LogP contribution in [0.3, 0.4) is 0 Å². The Hall–Kier alpha value is -0.840. The lowest BCUT2D eigenvalue weighted by Crippen LogP contribution is -2.01. The van der Waals surface area contributed by atoms with E-state index in [9.17, 15) is 13.2 Å². The van der Waals surface area contributed by atoms with Crippen LogP contribution in [-0.2, 0) is 19.4 Å². The third-order valence-electron chi connectivity index (χ3n) is 0.854. The number of hydrogen-bond donors (Lipinski definition) is 0. The van der Waals surface area contributed by atoms with Gasteiger partial charge in [0.05, 0.1) is 12.9 Å². The van der Waals surface area contributed by atoms with Gasteiger partial charge in [0.2, 0.25) is 0 Å². The molecule has 0 aliphatic heterocycles. The van der Waals surface area contributed by atoms with Gasteiger partial charge < -0.3 is 4.74 Å². The van der Waals surface area contributed by atoms with Crippen molar-refractivity contribution >= 4 is 15.8 Å². The summed E-state index contributed by atoms with van der Waals surface area (Å²) in [5.41, 5.74) is 0. The molecule has 0 amide bonds. The molecule has 5 heteroatoms. The fraction of sp³-hybridized carbons (Fsp3) is 0.500. The van der Waals surface area contributed by atoms with Crippen molar-refractivity contribution in [1.82, 2.24) is 0 Å². The summed E-state index contributed by atoms with van der Waals surface area (Å²) >= 11 is 0. The van der Waals surface area contributed by atoms with E-state index in [2.05, 4.69) is 4.74 Å². The van der Waals surface area contributed by atoms with Crippen molar-refractivity contribution in [3.8, 4) is 0 Å². The van der Waals surface area contributed by atoms with Crippen LogP contribution in [0.15, 0.2) is 12.2 Å². The Balaban J connectivity index is 3.89. The molecular weight excluding hydrogens is 168 g/mol. The van der Waals surface area contributed by atoms with Gasteiger partial charge in [-0.3, -0.25) is 0 Å². The van der Waals surface area contributed by atoms with Gasteiger partial charge in [0.1, 0.15) is 0 Å². The molecule has 0 saturated carbocycles. The zero-order valence-corrected chi connectivity index (χ0v) is 7.22. The van der Waals surface area contributed by atoms with Gasteiger partial charge >= 0.3 is 5.97 Å². The molecule has 0 atom stereocenters. The van der Waals surface area contributed by atoms with Crippen LogP contribution >= 0.6 is 0 Å². The molecule has 64 valence electrons. The predicted octanol–water partition coefficient (Wildman–Crippen LogP) is -0.240. The highest BCUT2D eigenvalue weighted by atomic mass is 32.2. The molecule has 0 aromatic heterocycles. The summed E-state index contributed by atoms with van der Waals surface area (Å²) in [6.45, 7) is 0. The summed E-state index contributed by atoms with van der Waals surface area (Å²) < 4.78 is 25.2. The highest BCUT2D eigenvalue weighted by molar-refractivity contribution is 7.90. The molecule has 0 N–H and O–H groups in total. The smallest absolute Gasteiger partial charge is 0.330 e. The lowest BCUT2D eigenvalue weighted by atomic mass is 10.5. The standard InChI is InChI=1S/C6H10O4S/c1-10-6(7)4-3-5-11(2,8)9/h3-4H,5H2,1-2H3. The van der Waals surface area contributed by atoms with Gasteiger partial charge in [0.25, 0.3) is 0 Å². The van der Waals surface area contributed by atoms with Crippen LogP contribution in [0.2, 0.25) is 0 Å². The number of carbonyl (C=O) groups is 1. The summed E-state index contributed by atoms with van der Waals surface area (Å²) in [5.74, 6) is -0.684. The summed E-state index contributed by atoms with van der Waals surface area (Å²) in [6, 6.07) is 0. The lowest BCUT2D eigenvalue weighted by molar-refractivity contribution is -0.134. The normalized spacial score (nSPS) is 11.8. The van der Waals surface area contributed by atoms with E-state index in [1.54, 1.807) is 0 Å². The van der Waals surface area contributed by atoms with Gasteiger partial charge in [-0.05, 0) is 0 Å². The number of hydrogen-bond acceptors (Lipinski definition) is 4. The van der Waals surface area contributed by atoms with Crippen LogP contribution in [0.1, 0.15) is 0 Å². The average molecular weight is 178 g/mol. The Bertz CT molecular complexity index is 250. The minimum Gasteiger partial charge on any atom is -0.466 e. The maximum atomic E-state index is 10.5. The van der Waals surface area contributed by atoms with Gasteiger partial charge in [0, 0.05) is 12.3 Å². The minimum atomic E-state index is -3.02. The molecule has 0 radical (unpaired) electrons. The molecule has 0 saturated heterocycles. The van der Waals surface area contributed by atoms with Crippen molar-refractivity contribution in [1.29, 1.82) is 0 Å². The van der Waals surface area contributed by atoms with E-state index < -0.39 is 15.8 Å². The predicted molar refractivity (Wildman–Crippen MR) is 40.9 cm³/mol. The second kappa shape index (κ2) is 4.12. The Kier molecular flexibility index (Phi) is 3.81. The summed E-state index contributed by atoms with van der Waals surface area (Å²) in [5, 5.41) is 0. The lowest BCUT2D eigenvalue weighted by Gasteiger charge is -1.89. The first-order valence-electron chi connectivity index (χ1n) is 2.88. The van der Waals surface area contributed by atoms with Gasteiger partial charge in [-0.2, -0.15) is 0 Å². The number of sulfone groups is 1. The maximum absolute atomic E-state index is 10.5. The molecular formula is C6H10O4S. The van der Waals surface area contributed by atoms with Crippen molar-refractivity contribution in [3.63, 3.8) is 0 Å². The van der Waals surface area contributed by atoms with Crippen LogP contribution < -0.4 is 0 Å². The number of esters is 1. The van der Waals surface area contributed by atoms with Crippen molar-refractivity contribution in [2.45, 2.75) is 0 Å². The monoisotopic (exact) mass is 178 g/mol. The van der Waals surface area contributed by atoms with Crippen molar-refractivity contribution < 1.29 is 17.9 Å². The van der Waals surface area contributed by atoms with Crippen LogP contribution in [0, 0.1) is 0 Å². The highest BCUT2D eigenvalue weighted by Crippen LogP contribution is 1.85. The molecule has 11 heavy (non-hydrogen) atoms. The van der Waals surface area contributed by atoms with E-state index in [-0.39, 0.29) is 5.75 Å². The molecule has 0 rings (SSSR count). The molecule has 0 aliphatic rings. The fourth-order valence-electron chi connectivity index (χ4n) is 0.387. The van der Waals surface area contributed by atoms with E-state index in [0.29, 0.717) is 0 Å². The molecule has 0 bridgehead atoms. The molecule has 0 aliphatic carbocycles. The average Bonchev–Trinajstić information content (AvgIpc) is 1.85. The van der Waals surface area contributed by atoms with Gasteiger partial charge in [-0.25, -0.2) is 13.2 Å². The Labute approximate surface area is 65.8 Å². The Morgan fingerprint density at radius 2 is 2.09 bits per heavy atom. The zero-order valence-electron chi connectivity index (χ0n) is 6.40. The summed E-state index contributed by atoms with van der Waals surface area (Å²) in [6.07, 6.45) is 3.43. The number of rotatable bonds is 3. The first kappa shape index (κ1) is 10.2. The SMILES string of the molecule is COC(=O)C=CCS(C)(=O)=O. The third-order valence-corrected chi connectivity index (χ3v) is 1.65. The molecule has 0 aromatic carbocycles. The van der Waals surface area contributed by atoms with Crippen molar-refractivity contribution in [3.05, 3.63) is 12.2 Å². The number of ether oxygens (including phenoxy) is 1. The number of methoxy groups -OCH3 is 1. The molecule has 0 aromatic rings. The van der Waals surface area contributed by atoms with Crippen LogP contribution in [0.25, 0.3) is 0 Å². The topological polar surface area (TPSA) is 60.4 Å². The maximum Gasteiger partial charge on any atom is 0.330 e. The van der Waals surface area contributed by atoms with E-state index in [1.807, 2.05) is 0 Å². The Morgan fingerprint density at radius 1 is 1.55 bits per heavy atom. The minimum absolute atomic E-state index is 0.137. The molecule has 0 unspecified atom stereocenters. The van der Waals surface area contributed by atoms with E-state index >= 15 is 0 Å². The largest absolute Gasteiger partial charge is 0.466 e. The van der Waals surface area contributed by atoms with Gasteiger partial charge in [-0.1, -0.05) is 6.08 Å². The van der Waals surface area contributed by atoms with Crippen molar-refractivity contribution in [2.24, 2.45) is 0 Å². The third kappa shape index (κ3) is 7.05. The second-order valence-electron chi connectivity index (χ2n) is 2.02.